The van der Waals surface area contributed by atoms with Crippen molar-refractivity contribution >= 4 is 27.5 Å². The summed E-state index contributed by atoms with van der Waals surface area (Å²) in [6.07, 6.45) is 3.25. The summed E-state index contributed by atoms with van der Waals surface area (Å²) in [4.78, 5) is 16.5. The van der Waals surface area contributed by atoms with E-state index in [0.29, 0.717) is 17.0 Å². The second kappa shape index (κ2) is 8.49. The van der Waals surface area contributed by atoms with Gasteiger partial charge in [-0.05, 0) is 58.4 Å². The zero-order chi connectivity index (χ0) is 18.4. The molecule has 3 aromatic rings. The summed E-state index contributed by atoms with van der Waals surface area (Å²) in [6, 6.07) is 16.4. The predicted molar refractivity (Wildman–Crippen MR) is 104 cm³/mol. The minimum absolute atomic E-state index is 0.220. The number of carbonyl (C=O) groups is 1. The average Bonchev–Trinajstić information content (AvgIpc) is 2.68. The monoisotopic (exact) mass is 412 g/mol. The van der Waals surface area contributed by atoms with Gasteiger partial charge in [-0.1, -0.05) is 12.1 Å². The molecule has 0 saturated carbocycles. The van der Waals surface area contributed by atoms with Gasteiger partial charge in [-0.3, -0.25) is 9.78 Å². The molecule has 1 amide bonds. The third kappa shape index (κ3) is 4.40. The summed E-state index contributed by atoms with van der Waals surface area (Å²) >= 11 is 3.45. The molecule has 0 radical (unpaired) electrons. The highest BCUT2D eigenvalue weighted by molar-refractivity contribution is 9.10. The second-order valence-electron chi connectivity index (χ2n) is 5.44. The minimum atomic E-state index is -0.220. The van der Waals surface area contributed by atoms with E-state index in [4.69, 9.17) is 9.47 Å². The zero-order valence-electron chi connectivity index (χ0n) is 14.1. The Hall–Kier alpha value is -2.86. The van der Waals surface area contributed by atoms with Gasteiger partial charge in [-0.25, -0.2) is 0 Å². The summed E-state index contributed by atoms with van der Waals surface area (Å²) in [7, 11) is 1.59. The number of hydrogen-bond acceptors (Lipinski definition) is 4. The van der Waals surface area contributed by atoms with Gasteiger partial charge in [0.15, 0.2) is 0 Å². The molecule has 132 valence electrons. The van der Waals surface area contributed by atoms with Crippen LogP contribution in [0.3, 0.4) is 0 Å². The number of aromatic nitrogens is 1. The molecular weight excluding hydrogens is 396 g/mol. The number of hydrogen-bond donors (Lipinski definition) is 1. The van der Waals surface area contributed by atoms with E-state index >= 15 is 0 Å². The molecule has 1 heterocycles. The second-order valence-corrected chi connectivity index (χ2v) is 6.30. The molecule has 0 unspecified atom stereocenters. The number of rotatable bonds is 6. The van der Waals surface area contributed by atoms with Crippen LogP contribution in [0.15, 0.2) is 71.5 Å². The lowest BCUT2D eigenvalue weighted by molar-refractivity contribution is 0.102. The first-order valence-corrected chi connectivity index (χ1v) is 8.72. The van der Waals surface area contributed by atoms with Crippen LogP contribution in [0.4, 0.5) is 5.69 Å². The van der Waals surface area contributed by atoms with Crippen LogP contribution in [-0.2, 0) is 6.61 Å². The molecule has 0 saturated heterocycles. The highest BCUT2D eigenvalue weighted by Crippen LogP contribution is 2.27. The number of methoxy groups -OCH3 is 1. The van der Waals surface area contributed by atoms with Crippen LogP contribution in [0.5, 0.6) is 11.5 Å². The van der Waals surface area contributed by atoms with Crippen molar-refractivity contribution in [1.82, 2.24) is 4.98 Å². The van der Waals surface area contributed by atoms with E-state index in [1.54, 1.807) is 49.8 Å². The van der Waals surface area contributed by atoms with Gasteiger partial charge in [-0.15, -0.1) is 0 Å². The predicted octanol–water partition coefficient (Wildman–Crippen LogP) is 4.68. The van der Waals surface area contributed by atoms with Crippen molar-refractivity contribution < 1.29 is 14.3 Å². The molecule has 0 aliphatic carbocycles. The van der Waals surface area contributed by atoms with E-state index < -0.39 is 0 Å². The molecule has 0 spiro atoms. The standard InChI is InChI=1S/C20H17BrN2O3/c1-25-18-9-8-14(20(24)23-16-5-4-10-22-12-16)11-15(18)13-26-19-7-3-2-6-17(19)21/h2-12H,13H2,1H3,(H,23,24). The van der Waals surface area contributed by atoms with Crippen molar-refractivity contribution in [3.05, 3.63) is 82.6 Å². The Bertz CT molecular complexity index is 901. The van der Waals surface area contributed by atoms with Crippen LogP contribution in [0.1, 0.15) is 15.9 Å². The van der Waals surface area contributed by atoms with Crippen molar-refractivity contribution in [3.63, 3.8) is 0 Å². The first-order chi connectivity index (χ1) is 12.7. The number of halogens is 1. The summed E-state index contributed by atoms with van der Waals surface area (Å²) in [6.45, 7) is 0.278. The van der Waals surface area contributed by atoms with E-state index in [-0.39, 0.29) is 12.5 Å². The largest absolute Gasteiger partial charge is 0.496 e. The first-order valence-electron chi connectivity index (χ1n) is 7.93. The summed E-state index contributed by atoms with van der Waals surface area (Å²) in [5, 5.41) is 2.82. The lowest BCUT2D eigenvalue weighted by atomic mass is 10.1. The van der Waals surface area contributed by atoms with Gasteiger partial charge in [0.1, 0.15) is 18.1 Å². The first kappa shape index (κ1) is 17.9. The van der Waals surface area contributed by atoms with Crippen molar-refractivity contribution in [2.24, 2.45) is 0 Å². The molecule has 0 fully saturated rings. The number of carbonyl (C=O) groups excluding carboxylic acids is 1. The van der Waals surface area contributed by atoms with Crippen LogP contribution in [0, 0.1) is 0 Å². The van der Waals surface area contributed by atoms with Crippen molar-refractivity contribution in [2.75, 3.05) is 12.4 Å². The van der Waals surface area contributed by atoms with Gasteiger partial charge >= 0.3 is 0 Å². The maximum atomic E-state index is 12.5. The van der Waals surface area contributed by atoms with Gasteiger partial charge in [-0.2, -0.15) is 0 Å². The van der Waals surface area contributed by atoms with Crippen molar-refractivity contribution in [1.29, 1.82) is 0 Å². The lowest BCUT2D eigenvalue weighted by Crippen LogP contribution is -2.13. The van der Waals surface area contributed by atoms with Gasteiger partial charge in [0, 0.05) is 17.3 Å². The topological polar surface area (TPSA) is 60.5 Å². The van der Waals surface area contributed by atoms with Crippen LogP contribution in [-0.4, -0.2) is 18.0 Å². The molecule has 0 bridgehead atoms. The molecule has 6 heteroatoms. The molecule has 3 rings (SSSR count). The zero-order valence-corrected chi connectivity index (χ0v) is 15.7. The van der Waals surface area contributed by atoms with Gasteiger partial charge < -0.3 is 14.8 Å². The number of amides is 1. The number of nitrogens with one attached hydrogen (secondary N) is 1. The highest BCUT2D eigenvalue weighted by Gasteiger charge is 2.12. The molecule has 26 heavy (non-hydrogen) atoms. The number of ether oxygens (including phenoxy) is 2. The Morgan fingerprint density at radius 3 is 2.69 bits per heavy atom. The Kier molecular flexibility index (Phi) is 5.86. The van der Waals surface area contributed by atoms with E-state index in [1.165, 1.54) is 0 Å². The molecule has 2 aromatic carbocycles. The van der Waals surface area contributed by atoms with E-state index in [1.807, 2.05) is 24.3 Å². The van der Waals surface area contributed by atoms with Gasteiger partial charge in [0.05, 0.1) is 23.5 Å². The highest BCUT2D eigenvalue weighted by atomic mass is 79.9. The average molecular weight is 413 g/mol. The summed E-state index contributed by atoms with van der Waals surface area (Å²) in [5.41, 5.74) is 1.93. The van der Waals surface area contributed by atoms with Crippen LogP contribution in [0.25, 0.3) is 0 Å². The Balaban J connectivity index is 1.77. The quantitative estimate of drug-likeness (QED) is 0.638. The number of nitrogens with zero attached hydrogens (tertiary/aromatic N) is 1. The minimum Gasteiger partial charge on any atom is -0.496 e. The normalized spacial score (nSPS) is 10.2. The van der Waals surface area contributed by atoms with Crippen molar-refractivity contribution in [3.8, 4) is 11.5 Å². The Morgan fingerprint density at radius 2 is 1.96 bits per heavy atom. The van der Waals surface area contributed by atoms with Crippen LogP contribution >= 0.6 is 15.9 Å². The molecule has 0 aliphatic heterocycles. The SMILES string of the molecule is COc1ccc(C(=O)Nc2cccnc2)cc1COc1ccccc1Br. The number of pyridine rings is 1. The fourth-order valence-corrected chi connectivity index (χ4v) is 2.79. The molecule has 0 aliphatic rings. The van der Waals surface area contributed by atoms with E-state index in [9.17, 15) is 4.79 Å². The Morgan fingerprint density at radius 1 is 1.12 bits per heavy atom. The van der Waals surface area contributed by atoms with Crippen LogP contribution in [0.2, 0.25) is 0 Å². The summed E-state index contributed by atoms with van der Waals surface area (Å²) in [5.74, 6) is 1.16. The van der Waals surface area contributed by atoms with Crippen LogP contribution < -0.4 is 14.8 Å². The molecule has 0 atom stereocenters. The van der Waals surface area contributed by atoms with Gasteiger partial charge in [0.25, 0.3) is 5.91 Å². The fraction of sp³-hybridized carbons (Fsp3) is 0.100. The third-order valence-electron chi connectivity index (χ3n) is 3.68. The van der Waals surface area contributed by atoms with Crippen molar-refractivity contribution in [2.45, 2.75) is 6.61 Å². The smallest absolute Gasteiger partial charge is 0.255 e. The maximum Gasteiger partial charge on any atom is 0.255 e. The molecular formula is C20H17BrN2O3. The number of benzene rings is 2. The molecule has 1 aromatic heterocycles. The summed E-state index contributed by atoms with van der Waals surface area (Å²) < 4.78 is 12.1. The molecule has 5 nitrogen and oxygen atoms in total. The molecule has 1 N–H and O–H groups in total. The fourth-order valence-electron chi connectivity index (χ4n) is 2.39. The van der Waals surface area contributed by atoms with Gasteiger partial charge in [0.2, 0.25) is 0 Å². The Labute approximate surface area is 160 Å². The third-order valence-corrected chi connectivity index (χ3v) is 4.34. The number of para-hydroxylation sites is 1. The van der Waals surface area contributed by atoms with E-state index in [2.05, 4.69) is 26.2 Å². The maximum absolute atomic E-state index is 12.5. The lowest BCUT2D eigenvalue weighted by Gasteiger charge is -2.13. The number of anilines is 1. The van der Waals surface area contributed by atoms with E-state index in [0.717, 1.165) is 15.8 Å².